The smallest absolute Gasteiger partial charge is 0.338 e. The highest BCUT2D eigenvalue weighted by Gasteiger charge is 2.18. The summed E-state index contributed by atoms with van der Waals surface area (Å²) in [5.41, 5.74) is 0.644. The third-order valence-corrected chi connectivity index (χ3v) is 3.85. The third-order valence-electron chi connectivity index (χ3n) is 2.88. The van der Waals surface area contributed by atoms with Crippen LogP contribution in [0.5, 0.6) is 0 Å². The van der Waals surface area contributed by atoms with Gasteiger partial charge in [0.2, 0.25) is 0 Å². The molecule has 0 saturated carbocycles. The van der Waals surface area contributed by atoms with Gasteiger partial charge < -0.3 is 15.0 Å². The lowest BCUT2D eigenvalue weighted by Crippen LogP contribution is -2.18. The molecule has 0 saturated heterocycles. The van der Waals surface area contributed by atoms with Crippen LogP contribution in [-0.2, 0) is 0 Å². The molecule has 2 heterocycles. The summed E-state index contributed by atoms with van der Waals surface area (Å²) in [6.07, 6.45) is 1.83. The zero-order valence-electron chi connectivity index (χ0n) is 11.5. The Balaban J connectivity index is 2.28. The van der Waals surface area contributed by atoms with Crippen LogP contribution < -0.4 is 5.32 Å². The average Bonchev–Trinajstić information content (AvgIpc) is 2.95. The van der Waals surface area contributed by atoms with Crippen molar-refractivity contribution >= 4 is 28.2 Å². The predicted octanol–water partition coefficient (Wildman–Crippen LogP) is 3.39. The van der Waals surface area contributed by atoms with Gasteiger partial charge in [-0.1, -0.05) is 0 Å². The number of carbonyl (C=O) groups excluding carboxylic acids is 1. The molecular weight excluding hydrogens is 276 g/mol. The minimum Gasteiger partial charge on any atom is -0.478 e. The number of aromatic nitrogens is 1. The minimum absolute atomic E-state index is 0.128. The molecule has 0 fully saturated rings. The number of aromatic carboxylic acids is 1. The molecule has 1 amide bonds. The summed E-state index contributed by atoms with van der Waals surface area (Å²) in [5.74, 6) is -1.34. The topological polar surface area (TPSA) is 71.3 Å². The van der Waals surface area contributed by atoms with Crippen molar-refractivity contribution < 1.29 is 14.7 Å². The monoisotopic (exact) mass is 292 g/mol. The molecule has 0 unspecified atom stereocenters. The second-order valence-corrected chi connectivity index (χ2v) is 6.01. The van der Waals surface area contributed by atoms with E-state index in [-0.39, 0.29) is 17.5 Å². The summed E-state index contributed by atoms with van der Waals surface area (Å²) in [5, 5.41) is 12.2. The lowest BCUT2D eigenvalue weighted by Gasteiger charge is -2.12. The van der Waals surface area contributed by atoms with Gasteiger partial charge in [-0.25, -0.2) is 4.79 Å². The largest absolute Gasteiger partial charge is 0.478 e. The summed E-state index contributed by atoms with van der Waals surface area (Å²) in [6, 6.07) is 5.24. The number of nitrogens with zero attached hydrogens (tertiary/aromatic N) is 1. The van der Waals surface area contributed by atoms with E-state index in [9.17, 15) is 9.59 Å². The molecule has 2 aromatic heterocycles. The van der Waals surface area contributed by atoms with Gasteiger partial charge in [-0.15, -0.1) is 11.3 Å². The second kappa shape index (κ2) is 5.50. The Kier molecular flexibility index (Phi) is 3.94. The summed E-state index contributed by atoms with van der Waals surface area (Å²) in [6.45, 7) is 5.77. The first-order valence-corrected chi connectivity index (χ1v) is 7.03. The van der Waals surface area contributed by atoms with Crippen LogP contribution in [-0.4, -0.2) is 21.6 Å². The predicted molar refractivity (Wildman–Crippen MR) is 78.8 cm³/mol. The Morgan fingerprint density at radius 1 is 1.40 bits per heavy atom. The zero-order valence-corrected chi connectivity index (χ0v) is 12.3. The van der Waals surface area contributed by atoms with Gasteiger partial charge >= 0.3 is 5.97 Å². The number of thiophene rings is 1. The number of carboxylic acid groups (broad SMARTS) is 1. The Bertz CT molecular complexity index is 655. The number of carbonyl (C=O) groups is 2. The average molecular weight is 292 g/mol. The Morgan fingerprint density at radius 2 is 2.10 bits per heavy atom. The van der Waals surface area contributed by atoms with Crippen LogP contribution in [0, 0.1) is 6.92 Å². The van der Waals surface area contributed by atoms with E-state index < -0.39 is 5.97 Å². The van der Waals surface area contributed by atoms with Crippen LogP contribution in [0.25, 0.3) is 0 Å². The van der Waals surface area contributed by atoms with Crippen LogP contribution in [0.3, 0.4) is 0 Å². The van der Waals surface area contributed by atoms with Crippen LogP contribution in [0.1, 0.15) is 45.6 Å². The van der Waals surface area contributed by atoms with Crippen molar-refractivity contribution in [3.05, 3.63) is 40.5 Å². The minimum atomic E-state index is -1.04. The van der Waals surface area contributed by atoms with Crippen LogP contribution in [0.4, 0.5) is 5.00 Å². The van der Waals surface area contributed by atoms with Crippen molar-refractivity contribution in [1.29, 1.82) is 0 Å². The number of anilines is 1. The van der Waals surface area contributed by atoms with Gasteiger partial charge in [0.15, 0.2) is 0 Å². The molecule has 20 heavy (non-hydrogen) atoms. The van der Waals surface area contributed by atoms with E-state index in [1.165, 1.54) is 11.3 Å². The van der Waals surface area contributed by atoms with E-state index in [2.05, 4.69) is 5.32 Å². The molecule has 2 N–H and O–H groups in total. The first kappa shape index (κ1) is 14.3. The van der Waals surface area contributed by atoms with Gasteiger partial charge in [0.25, 0.3) is 5.91 Å². The second-order valence-electron chi connectivity index (χ2n) is 4.75. The van der Waals surface area contributed by atoms with Gasteiger partial charge in [-0.3, -0.25) is 4.79 Å². The fraction of sp³-hybridized carbons (Fsp3) is 0.286. The van der Waals surface area contributed by atoms with Crippen molar-refractivity contribution in [3.63, 3.8) is 0 Å². The van der Waals surface area contributed by atoms with Gasteiger partial charge in [0, 0.05) is 17.1 Å². The van der Waals surface area contributed by atoms with Gasteiger partial charge in [-0.2, -0.15) is 0 Å². The van der Waals surface area contributed by atoms with Gasteiger partial charge in [0.05, 0.1) is 5.56 Å². The summed E-state index contributed by atoms with van der Waals surface area (Å²) in [4.78, 5) is 24.2. The number of carboxylic acids is 1. The van der Waals surface area contributed by atoms with E-state index in [1.807, 2.05) is 31.5 Å². The highest BCUT2D eigenvalue weighted by atomic mass is 32.1. The molecule has 106 valence electrons. The molecule has 2 rings (SSSR count). The maximum atomic E-state index is 12.3. The number of aryl methyl sites for hydroxylation is 1. The van der Waals surface area contributed by atoms with Crippen molar-refractivity contribution in [2.24, 2.45) is 0 Å². The number of hydrogen-bond donors (Lipinski definition) is 2. The lowest BCUT2D eigenvalue weighted by molar-refractivity contribution is 0.0698. The van der Waals surface area contributed by atoms with Crippen molar-refractivity contribution in [3.8, 4) is 0 Å². The normalized spacial score (nSPS) is 10.8. The molecule has 0 aromatic carbocycles. The highest BCUT2D eigenvalue weighted by Crippen LogP contribution is 2.28. The maximum absolute atomic E-state index is 12.3. The fourth-order valence-corrected chi connectivity index (χ4v) is 2.87. The molecule has 0 radical (unpaired) electrons. The van der Waals surface area contributed by atoms with Gasteiger partial charge in [-0.05, 0) is 39.0 Å². The Morgan fingerprint density at radius 3 is 2.70 bits per heavy atom. The number of nitrogens with one attached hydrogen (secondary N) is 1. The highest BCUT2D eigenvalue weighted by molar-refractivity contribution is 7.16. The third kappa shape index (κ3) is 2.75. The standard InChI is InChI=1S/C14H16N2O3S/c1-8(2)16-6-4-5-11(16)12(17)15-13-10(14(18)19)7-9(3)20-13/h4-8H,1-3H3,(H,15,17)(H,18,19). The summed E-state index contributed by atoms with van der Waals surface area (Å²) >= 11 is 1.26. The molecule has 0 spiro atoms. The first-order valence-electron chi connectivity index (χ1n) is 6.22. The SMILES string of the molecule is Cc1cc(C(=O)O)c(NC(=O)c2cccn2C(C)C)s1. The van der Waals surface area contributed by atoms with Crippen LogP contribution >= 0.6 is 11.3 Å². The van der Waals surface area contributed by atoms with Crippen molar-refractivity contribution in [2.45, 2.75) is 26.8 Å². The maximum Gasteiger partial charge on any atom is 0.338 e. The molecule has 6 heteroatoms. The quantitative estimate of drug-likeness (QED) is 0.907. The van der Waals surface area contributed by atoms with Crippen molar-refractivity contribution in [1.82, 2.24) is 4.57 Å². The number of hydrogen-bond acceptors (Lipinski definition) is 3. The molecule has 0 aliphatic carbocycles. The van der Waals surface area contributed by atoms with Gasteiger partial charge in [0.1, 0.15) is 10.7 Å². The fourth-order valence-electron chi connectivity index (χ4n) is 1.97. The van der Waals surface area contributed by atoms with E-state index >= 15 is 0 Å². The molecule has 2 aromatic rings. The molecule has 0 bridgehead atoms. The molecule has 0 atom stereocenters. The molecule has 0 aliphatic rings. The Hall–Kier alpha value is -2.08. The molecular formula is C14H16N2O3S. The van der Waals surface area contributed by atoms with Crippen LogP contribution in [0.2, 0.25) is 0 Å². The van der Waals surface area contributed by atoms with E-state index in [1.54, 1.807) is 18.2 Å². The molecule has 0 aliphatic heterocycles. The lowest BCUT2D eigenvalue weighted by atomic mass is 10.3. The summed E-state index contributed by atoms with van der Waals surface area (Å²) < 4.78 is 1.84. The van der Waals surface area contributed by atoms with Crippen LogP contribution in [0.15, 0.2) is 24.4 Å². The molecule has 5 nitrogen and oxygen atoms in total. The van der Waals surface area contributed by atoms with E-state index in [4.69, 9.17) is 5.11 Å². The van der Waals surface area contributed by atoms with E-state index in [0.29, 0.717) is 10.7 Å². The number of rotatable bonds is 4. The number of amides is 1. The Labute approximate surface area is 120 Å². The van der Waals surface area contributed by atoms with Crippen molar-refractivity contribution in [2.75, 3.05) is 5.32 Å². The summed E-state index contributed by atoms with van der Waals surface area (Å²) in [7, 11) is 0. The van der Waals surface area contributed by atoms with E-state index in [0.717, 1.165) is 4.88 Å². The first-order chi connectivity index (χ1) is 9.40. The zero-order chi connectivity index (χ0) is 14.9.